The number of anilines is 1. The van der Waals surface area contributed by atoms with E-state index in [0.29, 0.717) is 21.3 Å². The van der Waals surface area contributed by atoms with Crippen molar-refractivity contribution in [3.63, 3.8) is 0 Å². The molecule has 138 valence electrons. The topological polar surface area (TPSA) is 102 Å². The van der Waals surface area contributed by atoms with Gasteiger partial charge >= 0.3 is 5.97 Å². The maximum Gasteiger partial charge on any atom is 0.332 e. The normalized spacial score (nSPS) is 14.4. The van der Waals surface area contributed by atoms with Gasteiger partial charge in [0.25, 0.3) is 11.6 Å². The molecule has 8 nitrogen and oxygen atoms in total. The van der Waals surface area contributed by atoms with Crippen molar-refractivity contribution >= 4 is 52.2 Å². The first-order valence-corrected chi connectivity index (χ1v) is 8.33. The molecule has 0 aliphatic carbocycles. The number of nitro groups is 1. The Morgan fingerprint density at radius 2 is 2.00 bits per heavy atom. The van der Waals surface area contributed by atoms with Crippen molar-refractivity contribution < 1.29 is 19.3 Å². The van der Waals surface area contributed by atoms with Crippen molar-refractivity contribution in [1.82, 2.24) is 0 Å². The third kappa shape index (κ3) is 3.76. The molecule has 3 rings (SSSR count). The zero-order valence-corrected chi connectivity index (χ0v) is 15.3. The predicted molar refractivity (Wildman–Crippen MR) is 99.1 cm³/mol. The van der Waals surface area contributed by atoms with Crippen molar-refractivity contribution in [2.75, 3.05) is 4.90 Å². The van der Waals surface area contributed by atoms with Crippen LogP contribution >= 0.6 is 23.2 Å². The number of fused-ring (bicyclic) bond motifs is 1. The second-order valence-corrected chi connectivity index (χ2v) is 6.45. The Bertz CT molecular complexity index is 1010. The fraction of sp³-hybridized carbons (Fsp3) is 0.118. The molecule has 1 heterocycles. The Balaban J connectivity index is 2.06. The van der Waals surface area contributed by atoms with Crippen molar-refractivity contribution in [2.45, 2.75) is 13.5 Å². The van der Waals surface area contributed by atoms with E-state index in [4.69, 9.17) is 23.2 Å². The number of amides is 1. The van der Waals surface area contributed by atoms with Gasteiger partial charge in [-0.3, -0.25) is 14.9 Å². The molecule has 2 aromatic carbocycles. The van der Waals surface area contributed by atoms with E-state index in [2.05, 4.69) is 9.99 Å². The third-order valence-electron chi connectivity index (χ3n) is 3.79. The Morgan fingerprint density at radius 1 is 1.26 bits per heavy atom. The van der Waals surface area contributed by atoms with Gasteiger partial charge in [-0.05, 0) is 23.8 Å². The van der Waals surface area contributed by atoms with E-state index in [1.807, 2.05) is 0 Å². The number of rotatable bonds is 4. The van der Waals surface area contributed by atoms with Crippen LogP contribution in [0.2, 0.25) is 10.0 Å². The van der Waals surface area contributed by atoms with Crippen LogP contribution in [0.4, 0.5) is 11.4 Å². The maximum absolute atomic E-state index is 12.8. The van der Waals surface area contributed by atoms with Crippen LogP contribution in [-0.4, -0.2) is 22.5 Å². The fourth-order valence-corrected chi connectivity index (χ4v) is 3.06. The van der Waals surface area contributed by atoms with Crippen LogP contribution in [0.3, 0.4) is 0 Å². The molecule has 0 saturated heterocycles. The molecule has 2 aromatic rings. The van der Waals surface area contributed by atoms with E-state index < -0.39 is 16.8 Å². The molecule has 1 amide bonds. The lowest BCUT2D eigenvalue weighted by Crippen LogP contribution is -2.29. The molecular formula is C17H11Cl2N3O5. The molecule has 0 atom stereocenters. The summed E-state index contributed by atoms with van der Waals surface area (Å²) in [7, 11) is 0. The van der Waals surface area contributed by atoms with Gasteiger partial charge in [0.05, 0.1) is 17.2 Å². The SMILES string of the molecule is CC(=O)O/N=C1/C(=O)N(Cc2ccc(Cl)cc2Cl)c2ccc([N+](=O)[O-])cc21. The molecule has 0 bridgehead atoms. The van der Waals surface area contributed by atoms with E-state index in [0.717, 1.165) is 6.92 Å². The molecule has 0 aromatic heterocycles. The van der Waals surface area contributed by atoms with E-state index >= 15 is 0 Å². The van der Waals surface area contributed by atoms with Gasteiger partial charge in [-0.1, -0.05) is 34.4 Å². The summed E-state index contributed by atoms with van der Waals surface area (Å²) in [5.74, 6) is -1.29. The minimum Gasteiger partial charge on any atom is -0.318 e. The number of hydrogen-bond acceptors (Lipinski definition) is 6. The monoisotopic (exact) mass is 407 g/mol. The van der Waals surface area contributed by atoms with Gasteiger partial charge in [0, 0.05) is 34.7 Å². The van der Waals surface area contributed by atoms with Crippen LogP contribution in [0.5, 0.6) is 0 Å². The number of nitro benzene ring substituents is 1. The summed E-state index contributed by atoms with van der Waals surface area (Å²) in [6.45, 7) is 1.21. The number of carbonyl (C=O) groups excluding carboxylic acids is 2. The lowest BCUT2D eigenvalue weighted by atomic mass is 10.1. The number of halogens is 2. The Labute approximate surface area is 163 Å². The molecule has 10 heteroatoms. The van der Waals surface area contributed by atoms with E-state index in [1.54, 1.807) is 18.2 Å². The van der Waals surface area contributed by atoms with E-state index in [9.17, 15) is 19.7 Å². The van der Waals surface area contributed by atoms with Crippen LogP contribution in [0, 0.1) is 10.1 Å². The molecule has 0 N–H and O–H groups in total. The lowest BCUT2D eigenvalue weighted by Gasteiger charge is -2.17. The van der Waals surface area contributed by atoms with Crippen LogP contribution in [0.1, 0.15) is 18.1 Å². The highest BCUT2D eigenvalue weighted by molar-refractivity contribution is 6.54. The average molecular weight is 408 g/mol. The first-order valence-electron chi connectivity index (χ1n) is 7.58. The summed E-state index contributed by atoms with van der Waals surface area (Å²) >= 11 is 12.1. The standard InChI is InChI=1S/C17H11Cl2N3O5/c1-9(23)27-20-16-13-7-12(22(25)26)4-5-15(13)21(17(16)24)8-10-2-3-11(18)6-14(10)19/h2-7H,8H2,1H3/b20-16+. The maximum atomic E-state index is 12.8. The smallest absolute Gasteiger partial charge is 0.318 e. The first-order chi connectivity index (χ1) is 12.8. The van der Waals surface area contributed by atoms with Crippen LogP contribution < -0.4 is 4.90 Å². The van der Waals surface area contributed by atoms with Crippen LogP contribution in [-0.2, 0) is 21.0 Å². The molecule has 0 spiro atoms. The zero-order chi connectivity index (χ0) is 19.7. The summed E-state index contributed by atoms with van der Waals surface area (Å²) in [5.41, 5.74) is 0.785. The zero-order valence-electron chi connectivity index (χ0n) is 13.8. The number of hydrogen-bond donors (Lipinski definition) is 0. The number of nitrogens with zero attached hydrogens (tertiary/aromatic N) is 3. The second kappa shape index (κ2) is 7.34. The van der Waals surface area contributed by atoms with E-state index in [-0.39, 0.29) is 23.5 Å². The molecular weight excluding hydrogens is 397 g/mol. The molecule has 27 heavy (non-hydrogen) atoms. The van der Waals surface area contributed by atoms with Gasteiger partial charge in [0.2, 0.25) is 0 Å². The highest BCUT2D eigenvalue weighted by Crippen LogP contribution is 2.35. The number of non-ortho nitro benzene ring substituents is 1. The van der Waals surface area contributed by atoms with Crippen molar-refractivity contribution in [1.29, 1.82) is 0 Å². The number of carbonyl (C=O) groups is 2. The Morgan fingerprint density at radius 3 is 2.63 bits per heavy atom. The summed E-state index contributed by atoms with van der Waals surface area (Å²) in [6, 6.07) is 8.77. The highest BCUT2D eigenvalue weighted by atomic mass is 35.5. The summed E-state index contributed by atoms with van der Waals surface area (Å²) in [5, 5.41) is 15.4. The van der Waals surface area contributed by atoms with Crippen molar-refractivity contribution in [2.24, 2.45) is 5.16 Å². The van der Waals surface area contributed by atoms with Crippen LogP contribution in [0.15, 0.2) is 41.6 Å². The minimum atomic E-state index is -0.721. The summed E-state index contributed by atoms with van der Waals surface area (Å²) in [6.07, 6.45) is 0. The largest absolute Gasteiger partial charge is 0.332 e. The molecule has 1 aliphatic heterocycles. The lowest BCUT2D eigenvalue weighted by molar-refractivity contribution is -0.384. The molecule has 0 fully saturated rings. The van der Waals surface area contributed by atoms with Gasteiger partial charge in [0.15, 0.2) is 5.71 Å². The predicted octanol–water partition coefficient (Wildman–Crippen LogP) is 3.72. The minimum absolute atomic E-state index is 0.0821. The van der Waals surface area contributed by atoms with Gasteiger partial charge in [-0.25, -0.2) is 4.79 Å². The van der Waals surface area contributed by atoms with Gasteiger partial charge < -0.3 is 9.74 Å². The highest BCUT2D eigenvalue weighted by Gasteiger charge is 2.36. The Kier molecular flexibility index (Phi) is 5.11. The molecule has 1 aliphatic rings. The average Bonchev–Trinajstić information content (AvgIpc) is 2.86. The van der Waals surface area contributed by atoms with Gasteiger partial charge in [-0.2, -0.15) is 0 Å². The fourth-order valence-electron chi connectivity index (χ4n) is 2.59. The first kappa shape index (κ1) is 18.8. The second-order valence-electron chi connectivity index (χ2n) is 5.61. The summed E-state index contributed by atoms with van der Waals surface area (Å²) in [4.78, 5) is 40.2. The third-order valence-corrected chi connectivity index (χ3v) is 4.38. The molecule has 0 saturated carbocycles. The van der Waals surface area contributed by atoms with Gasteiger partial charge in [0.1, 0.15) is 0 Å². The van der Waals surface area contributed by atoms with Crippen molar-refractivity contribution in [3.05, 3.63) is 67.7 Å². The van der Waals surface area contributed by atoms with Crippen LogP contribution in [0.25, 0.3) is 0 Å². The number of benzene rings is 2. The molecule has 0 unspecified atom stereocenters. The van der Waals surface area contributed by atoms with Crippen molar-refractivity contribution in [3.8, 4) is 0 Å². The van der Waals surface area contributed by atoms with Gasteiger partial charge in [-0.15, -0.1) is 0 Å². The molecule has 0 radical (unpaired) electrons. The Hall–Kier alpha value is -2.97. The van der Waals surface area contributed by atoms with E-state index in [1.165, 1.54) is 23.1 Å². The number of oxime groups is 1. The summed E-state index contributed by atoms with van der Waals surface area (Å²) < 4.78 is 0. The quantitative estimate of drug-likeness (QED) is 0.436.